The van der Waals surface area contributed by atoms with Crippen LogP contribution in [0.15, 0.2) is 12.5 Å². The number of carboxylic acid groups (broad SMARTS) is 1. The number of hydrogen-bond donors (Lipinski definition) is 4. The Kier molecular flexibility index (Phi) is 4.65. The highest BCUT2D eigenvalue weighted by Gasteiger charge is 2.21. The van der Waals surface area contributed by atoms with Crippen molar-refractivity contribution in [2.24, 2.45) is 5.73 Å². The first-order chi connectivity index (χ1) is 7.99. The Labute approximate surface area is 98.4 Å². The minimum atomic E-state index is -1.09. The molecule has 1 aromatic rings. The van der Waals surface area contributed by atoms with Gasteiger partial charge in [0.05, 0.1) is 6.33 Å². The predicted molar refractivity (Wildman–Crippen MR) is 60.1 cm³/mol. The molecule has 0 aliphatic rings. The zero-order valence-electron chi connectivity index (χ0n) is 9.51. The molecule has 2 atom stereocenters. The molecule has 1 heterocycles. The van der Waals surface area contributed by atoms with Crippen molar-refractivity contribution in [2.75, 3.05) is 0 Å². The van der Waals surface area contributed by atoms with Crippen LogP contribution in [0.5, 0.6) is 0 Å². The maximum Gasteiger partial charge on any atom is 0.326 e. The predicted octanol–water partition coefficient (Wildman–Crippen LogP) is -0.741. The van der Waals surface area contributed by atoms with E-state index in [0.717, 1.165) is 0 Å². The number of imidazole rings is 1. The molecule has 0 aromatic carbocycles. The molecule has 1 rings (SSSR count). The van der Waals surface area contributed by atoms with E-state index in [-0.39, 0.29) is 24.8 Å². The van der Waals surface area contributed by atoms with E-state index >= 15 is 0 Å². The minimum absolute atomic E-state index is 0.104. The van der Waals surface area contributed by atoms with Crippen LogP contribution >= 0.6 is 0 Å². The van der Waals surface area contributed by atoms with E-state index in [1.165, 1.54) is 12.5 Å². The van der Waals surface area contributed by atoms with Gasteiger partial charge in [-0.05, 0) is 6.92 Å². The summed E-state index contributed by atoms with van der Waals surface area (Å²) in [5.74, 6) is -1.45. The summed E-state index contributed by atoms with van der Waals surface area (Å²) < 4.78 is 0. The smallest absolute Gasteiger partial charge is 0.326 e. The molecule has 94 valence electrons. The fourth-order valence-electron chi connectivity index (χ4n) is 1.36. The number of hydrogen-bond acceptors (Lipinski definition) is 4. The first-order valence-corrected chi connectivity index (χ1v) is 5.24. The molecule has 0 saturated carbocycles. The van der Waals surface area contributed by atoms with Gasteiger partial charge >= 0.3 is 5.97 Å². The average molecular weight is 240 g/mol. The number of nitrogens with zero attached hydrogens (tertiary/aromatic N) is 1. The number of rotatable bonds is 6. The lowest BCUT2D eigenvalue weighted by Gasteiger charge is -2.14. The van der Waals surface area contributed by atoms with E-state index in [9.17, 15) is 9.59 Å². The first-order valence-electron chi connectivity index (χ1n) is 5.24. The standard InChI is InChI=1S/C10H16N4O3/c1-6(11)2-9(15)14-8(10(16)17)3-7-4-12-5-13-7/h4-6,8H,2-3,11H2,1H3,(H,12,13)(H,14,15)(H,16,17)/t6?,8-/m1/s1. The van der Waals surface area contributed by atoms with Gasteiger partial charge in [-0.25, -0.2) is 9.78 Å². The van der Waals surface area contributed by atoms with Crippen LogP contribution in [-0.4, -0.2) is 39.0 Å². The summed E-state index contributed by atoms with van der Waals surface area (Å²) in [7, 11) is 0. The molecule has 17 heavy (non-hydrogen) atoms. The molecule has 0 aliphatic heterocycles. The van der Waals surface area contributed by atoms with Crippen molar-refractivity contribution >= 4 is 11.9 Å². The molecule has 0 radical (unpaired) electrons. The van der Waals surface area contributed by atoms with Crippen LogP contribution in [0.1, 0.15) is 19.0 Å². The highest BCUT2D eigenvalue weighted by Crippen LogP contribution is 1.99. The fourth-order valence-corrected chi connectivity index (χ4v) is 1.36. The van der Waals surface area contributed by atoms with E-state index in [2.05, 4.69) is 15.3 Å². The largest absolute Gasteiger partial charge is 0.480 e. The third-order valence-electron chi connectivity index (χ3n) is 2.12. The van der Waals surface area contributed by atoms with Crippen molar-refractivity contribution in [1.82, 2.24) is 15.3 Å². The van der Waals surface area contributed by atoms with Gasteiger partial charge in [-0.3, -0.25) is 4.79 Å². The third-order valence-corrected chi connectivity index (χ3v) is 2.12. The Morgan fingerprint density at radius 2 is 2.35 bits per heavy atom. The van der Waals surface area contributed by atoms with E-state index in [1.54, 1.807) is 6.92 Å². The summed E-state index contributed by atoms with van der Waals surface area (Å²) in [6.45, 7) is 1.68. The second-order valence-corrected chi connectivity index (χ2v) is 3.92. The topological polar surface area (TPSA) is 121 Å². The van der Waals surface area contributed by atoms with Crippen LogP contribution in [0.4, 0.5) is 0 Å². The maximum absolute atomic E-state index is 11.4. The van der Waals surface area contributed by atoms with Crippen molar-refractivity contribution in [2.45, 2.75) is 31.8 Å². The summed E-state index contributed by atoms with van der Waals surface area (Å²) in [6, 6.07) is -1.27. The van der Waals surface area contributed by atoms with Crippen molar-refractivity contribution in [3.63, 3.8) is 0 Å². The van der Waals surface area contributed by atoms with E-state index < -0.39 is 12.0 Å². The van der Waals surface area contributed by atoms with Gasteiger partial charge in [0.25, 0.3) is 0 Å². The second-order valence-electron chi connectivity index (χ2n) is 3.92. The molecule has 0 saturated heterocycles. The zero-order chi connectivity index (χ0) is 12.8. The monoisotopic (exact) mass is 240 g/mol. The maximum atomic E-state index is 11.4. The van der Waals surface area contributed by atoms with Gasteiger partial charge in [-0.2, -0.15) is 0 Å². The van der Waals surface area contributed by atoms with Crippen molar-refractivity contribution < 1.29 is 14.7 Å². The number of nitrogens with two attached hydrogens (primary N) is 1. The molecule has 7 heteroatoms. The minimum Gasteiger partial charge on any atom is -0.480 e. The van der Waals surface area contributed by atoms with E-state index in [4.69, 9.17) is 10.8 Å². The van der Waals surface area contributed by atoms with Crippen molar-refractivity contribution in [3.05, 3.63) is 18.2 Å². The Hall–Kier alpha value is -1.89. The van der Waals surface area contributed by atoms with Gasteiger partial charge < -0.3 is 21.1 Å². The summed E-state index contributed by atoms with van der Waals surface area (Å²) >= 11 is 0. The molecule has 1 aromatic heterocycles. The van der Waals surface area contributed by atoms with Crippen LogP contribution in [-0.2, 0) is 16.0 Å². The lowest BCUT2D eigenvalue weighted by Crippen LogP contribution is -2.43. The number of aliphatic carboxylic acids is 1. The Balaban J connectivity index is 2.55. The van der Waals surface area contributed by atoms with Gasteiger partial charge in [0.15, 0.2) is 0 Å². The molecule has 5 N–H and O–H groups in total. The number of H-pyrrole nitrogens is 1. The molecule has 0 spiro atoms. The van der Waals surface area contributed by atoms with Gasteiger partial charge in [-0.1, -0.05) is 0 Å². The van der Waals surface area contributed by atoms with Crippen LogP contribution in [0.3, 0.4) is 0 Å². The SMILES string of the molecule is CC(N)CC(=O)N[C@H](Cc1cnc[nH]1)C(=O)O. The number of nitrogens with one attached hydrogen (secondary N) is 2. The number of carbonyl (C=O) groups is 2. The van der Waals surface area contributed by atoms with Gasteiger partial charge in [0.2, 0.25) is 5.91 Å². The summed E-state index contributed by atoms with van der Waals surface area (Å²) in [5, 5.41) is 11.4. The fraction of sp³-hybridized carbons (Fsp3) is 0.500. The van der Waals surface area contributed by atoms with Crippen LogP contribution < -0.4 is 11.1 Å². The van der Waals surface area contributed by atoms with Crippen LogP contribution in [0.2, 0.25) is 0 Å². The van der Waals surface area contributed by atoms with Crippen LogP contribution in [0.25, 0.3) is 0 Å². The van der Waals surface area contributed by atoms with Gasteiger partial charge in [0.1, 0.15) is 6.04 Å². The normalized spacial score (nSPS) is 14.0. The Morgan fingerprint density at radius 1 is 1.65 bits per heavy atom. The lowest BCUT2D eigenvalue weighted by molar-refractivity contribution is -0.141. The van der Waals surface area contributed by atoms with Gasteiger partial charge in [-0.15, -0.1) is 0 Å². The van der Waals surface area contributed by atoms with Crippen molar-refractivity contribution in [1.29, 1.82) is 0 Å². The summed E-state index contributed by atoms with van der Waals surface area (Å²) in [4.78, 5) is 29.0. The van der Waals surface area contributed by atoms with Gasteiger partial charge in [0, 0.05) is 30.8 Å². The number of aromatic amines is 1. The number of carboxylic acids is 1. The molecule has 1 amide bonds. The molecular weight excluding hydrogens is 224 g/mol. The number of carbonyl (C=O) groups excluding carboxylic acids is 1. The highest BCUT2D eigenvalue weighted by atomic mass is 16.4. The summed E-state index contributed by atoms with van der Waals surface area (Å²) in [5.41, 5.74) is 6.11. The van der Waals surface area contributed by atoms with Crippen LogP contribution in [0, 0.1) is 0 Å². The molecule has 0 bridgehead atoms. The molecule has 0 aliphatic carbocycles. The second kappa shape index (κ2) is 6.00. The third kappa shape index (κ3) is 4.64. The number of amides is 1. The quantitative estimate of drug-likeness (QED) is 0.521. The molecular formula is C10H16N4O3. The van der Waals surface area contributed by atoms with E-state index in [0.29, 0.717) is 5.69 Å². The van der Waals surface area contributed by atoms with Crippen molar-refractivity contribution in [3.8, 4) is 0 Å². The average Bonchev–Trinajstić information content (AvgIpc) is 2.67. The Bertz CT molecular complexity index is 375. The lowest BCUT2D eigenvalue weighted by atomic mass is 10.1. The first kappa shape index (κ1) is 13.2. The highest BCUT2D eigenvalue weighted by molar-refractivity contribution is 5.83. The Morgan fingerprint density at radius 3 is 2.82 bits per heavy atom. The number of aromatic nitrogens is 2. The molecule has 7 nitrogen and oxygen atoms in total. The molecule has 0 fully saturated rings. The zero-order valence-corrected chi connectivity index (χ0v) is 9.51. The molecule has 1 unspecified atom stereocenters. The van der Waals surface area contributed by atoms with E-state index in [1.807, 2.05) is 0 Å². The summed E-state index contributed by atoms with van der Waals surface area (Å²) in [6.07, 6.45) is 3.25.